The van der Waals surface area contributed by atoms with Crippen LogP contribution < -0.4 is 10.6 Å². The summed E-state index contributed by atoms with van der Waals surface area (Å²) in [5.74, 6) is -0.105. The van der Waals surface area contributed by atoms with Gasteiger partial charge in [-0.05, 0) is 37.8 Å². The number of fused-ring (bicyclic) bond motifs is 1. The number of carbonyl (C=O) groups excluding carboxylic acids is 2. The molecule has 4 rings (SSSR count). The minimum Gasteiger partial charge on any atom is -0.356 e. The van der Waals surface area contributed by atoms with Crippen LogP contribution in [0.5, 0.6) is 0 Å². The summed E-state index contributed by atoms with van der Waals surface area (Å²) in [4.78, 5) is 33.1. The van der Waals surface area contributed by atoms with E-state index in [1.165, 1.54) is 16.0 Å². The Labute approximate surface area is 175 Å². The van der Waals surface area contributed by atoms with Crippen molar-refractivity contribution in [2.45, 2.75) is 51.6 Å². The quantitative estimate of drug-likeness (QED) is 0.759. The van der Waals surface area contributed by atoms with Gasteiger partial charge >= 0.3 is 0 Å². The van der Waals surface area contributed by atoms with Crippen molar-refractivity contribution in [3.63, 3.8) is 0 Å². The van der Waals surface area contributed by atoms with Gasteiger partial charge in [0.25, 0.3) is 0 Å². The molecule has 1 aromatic heterocycles. The Hall–Kier alpha value is -2.25. The van der Waals surface area contributed by atoms with Crippen molar-refractivity contribution in [1.82, 2.24) is 20.5 Å². The van der Waals surface area contributed by atoms with Crippen LogP contribution in [0.25, 0.3) is 0 Å². The fourth-order valence-corrected chi connectivity index (χ4v) is 5.29. The zero-order valence-electron chi connectivity index (χ0n) is 17.0. The van der Waals surface area contributed by atoms with E-state index in [9.17, 15) is 9.59 Å². The molecule has 2 heterocycles. The van der Waals surface area contributed by atoms with Gasteiger partial charge in [-0.3, -0.25) is 14.5 Å². The van der Waals surface area contributed by atoms with Crippen LogP contribution in [0.1, 0.15) is 33.1 Å². The van der Waals surface area contributed by atoms with Gasteiger partial charge in [-0.1, -0.05) is 24.3 Å². The van der Waals surface area contributed by atoms with Gasteiger partial charge in [0.2, 0.25) is 11.8 Å². The van der Waals surface area contributed by atoms with Gasteiger partial charge < -0.3 is 10.6 Å². The first-order valence-electron chi connectivity index (χ1n) is 10.3. The number of hydrogen-bond donors (Lipinski definition) is 2. The maximum atomic E-state index is 12.6. The predicted octanol–water partition coefficient (Wildman–Crippen LogP) is 1.78. The molecule has 0 radical (unpaired) electrons. The highest BCUT2D eigenvalue weighted by molar-refractivity contribution is 7.11. The molecule has 2 amide bonds. The molecule has 0 bridgehead atoms. The molecule has 1 aliphatic carbocycles. The third kappa shape index (κ3) is 4.51. The molecule has 1 aromatic carbocycles. The second-order valence-corrected chi connectivity index (χ2v) is 9.22. The van der Waals surface area contributed by atoms with Crippen molar-refractivity contribution in [2.24, 2.45) is 0 Å². The van der Waals surface area contributed by atoms with Gasteiger partial charge in [0.1, 0.15) is 0 Å². The summed E-state index contributed by atoms with van der Waals surface area (Å²) in [7, 11) is 0. The highest BCUT2D eigenvalue weighted by atomic mass is 32.1. The highest BCUT2D eigenvalue weighted by Gasteiger charge is 2.38. The van der Waals surface area contributed by atoms with Crippen molar-refractivity contribution < 1.29 is 9.59 Å². The van der Waals surface area contributed by atoms with E-state index in [2.05, 4.69) is 51.7 Å². The van der Waals surface area contributed by atoms with E-state index in [0.29, 0.717) is 13.1 Å². The van der Waals surface area contributed by atoms with Crippen LogP contribution in [0.4, 0.5) is 0 Å². The van der Waals surface area contributed by atoms with Crippen LogP contribution in [0.15, 0.2) is 24.3 Å². The molecule has 1 unspecified atom stereocenters. The van der Waals surface area contributed by atoms with E-state index in [0.717, 1.165) is 36.5 Å². The minimum atomic E-state index is -0.396. The zero-order valence-corrected chi connectivity index (χ0v) is 17.8. The summed E-state index contributed by atoms with van der Waals surface area (Å²) in [6, 6.07) is 8.37. The van der Waals surface area contributed by atoms with Crippen molar-refractivity contribution in [3.8, 4) is 0 Å². The van der Waals surface area contributed by atoms with Crippen molar-refractivity contribution >= 4 is 23.2 Å². The van der Waals surface area contributed by atoms with Gasteiger partial charge in [0.05, 0.1) is 23.2 Å². The summed E-state index contributed by atoms with van der Waals surface area (Å²) in [6.45, 7) is 6.05. The number of piperazine rings is 1. The maximum Gasteiger partial charge on any atom is 0.237 e. The lowest BCUT2D eigenvalue weighted by Crippen LogP contribution is -2.59. The van der Waals surface area contributed by atoms with E-state index < -0.39 is 6.04 Å². The number of nitrogens with one attached hydrogen (secondary N) is 2. The van der Waals surface area contributed by atoms with E-state index in [1.807, 2.05) is 6.92 Å². The molecule has 6 nitrogen and oxygen atoms in total. The SMILES string of the molecule is Cc1nc(CCNC(=O)CC2C(=O)NCCN2C2Cc3ccccc3C2)sc1C. The Morgan fingerprint density at radius 2 is 2.00 bits per heavy atom. The van der Waals surface area contributed by atoms with E-state index in [1.54, 1.807) is 11.3 Å². The highest BCUT2D eigenvalue weighted by Crippen LogP contribution is 2.28. The summed E-state index contributed by atoms with van der Waals surface area (Å²) >= 11 is 1.68. The number of aromatic nitrogens is 1. The minimum absolute atomic E-state index is 0.0338. The smallest absolute Gasteiger partial charge is 0.237 e. The number of carbonyl (C=O) groups is 2. The molecule has 0 spiro atoms. The Kier molecular flexibility index (Phi) is 5.96. The molecular weight excluding hydrogens is 384 g/mol. The molecule has 0 saturated carbocycles. The first-order chi connectivity index (χ1) is 14.0. The van der Waals surface area contributed by atoms with Gasteiger partial charge in [0.15, 0.2) is 0 Å². The number of amides is 2. The van der Waals surface area contributed by atoms with E-state index in [4.69, 9.17) is 0 Å². The molecular formula is C22H28N4O2S. The lowest BCUT2D eigenvalue weighted by Gasteiger charge is -2.38. The largest absolute Gasteiger partial charge is 0.356 e. The normalized spacial score (nSPS) is 19.8. The molecule has 1 fully saturated rings. The van der Waals surface area contributed by atoms with Gasteiger partial charge in [-0.2, -0.15) is 0 Å². The van der Waals surface area contributed by atoms with E-state index >= 15 is 0 Å². The Morgan fingerprint density at radius 1 is 1.28 bits per heavy atom. The van der Waals surface area contributed by atoms with Crippen molar-refractivity contribution in [2.75, 3.05) is 19.6 Å². The summed E-state index contributed by atoms with van der Waals surface area (Å²) in [6.07, 6.45) is 2.83. The topological polar surface area (TPSA) is 74.3 Å². The molecule has 2 aromatic rings. The molecule has 7 heteroatoms. The second-order valence-electron chi connectivity index (χ2n) is 7.93. The third-order valence-electron chi connectivity index (χ3n) is 5.98. The number of rotatable bonds is 6. The number of nitrogens with zero attached hydrogens (tertiary/aromatic N) is 2. The Balaban J connectivity index is 1.34. The summed E-state index contributed by atoms with van der Waals surface area (Å²) in [5.41, 5.74) is 3.78. The van der Waals surface area contributed by atoms with Crippen LogP contribution in [0.2, 0.25) is 0 Å². The molecule has 1 atom stereocenters. The fourth-order valence-electron chi connectivity index (χ4n) is 4.35. The lowest BCUT2D eigenvalue weighted by atomic mass is 10.0. The fraction of sp³-hybridized carbons (Fsp3) is 0.500. The van der Waals surface area contributed by atoms with Gasteiger partial charge in [0, 0.05) is 37.0 Å². The average Bonchev–Trinajstić information content (AvgIpc) is 3.26. The molecule has 1 aliphatic heterocycles. The number of thiazole rings is 1. The van der Waals surface area contributed by atoms with Crippen molar-refractivity contribution in [3.05, 3.63) is 51.0 Å². The first kappa shape index (κ1) is 20.0. The van der Waals surface area contributed by atoms with E-state index in [-0.39, 0.29) is 24.3 Å². The Morgan fingerprint density at radius 3 is 2.66 bits per heavy atom. The summed E-state index contributed by atoms with van der Waals surface area (Å²) in [5, 5.41) is 6.95. The standard InChI is InChI=1S/C22H28N4O2S/c1-14-15(2)29-21(25-14)7-8-23-20(27)13-19-22(28)24-9-10-26(19)18-11-16-5-3-4-6-17(16)12-18/h3-6,18-19H,7-13H2,1-2H3,(H,23,27)(H,24,28). The second kappa shape index (κ2) is 8.63. The molecule has 154 valence electrons. The van der Waals surface area contributed by atoms with Crippen molar-refractivity contribution in [1.29, 1.82) is 0 Å². The van der Waals surface area contributed by atoms with Gasteiger partial charge in [-0.15, -0.1) is 11.3 Å². The van der Waals surface area contributed by atoms with Crippen LogP contribution in [-0.2, 0) is 28.9 Å². The molecule has 2 N–H and O–H groups in total. The number of aryl methyl sites for hydroxylation is 2. The maximum absolute atomic E-state index is 12.6. The van der Waals surface area contributed by atoms with Gasteiger partial charge in [-0.25, -0.2) is 4.98 Å². The lowest BCUT2D eigenvalue weighted by molar-refractivity contribution is -0.135. The van der Waals surface area contributed by atoms with Crippen LogP contribution in [-0.4, -0.2) is 53.4 Å². The molecule has 2 aliphatic rings. The third-order valence-corrected chi connectivity index (χ3v) is 7.12. The van der Waals surface area contributed by atoms with Crippen LogP contribution >= 0.6 is 11.3 Å². The zero-order chi connectivity index (χ0) is 20.4. The average molecular weight is 413 g/mol. The summed E-state index contributed by atoms with van der Waals surface area (Å²) < 4.78 is 0. The molecule has 29 heavy (non-hydrogen) atoms. The van der Waals surface area contributed by atoms with Crippen LogP contribution in [0.3, 0.4) is 0 Å². The molecule has 1 saturated heterocycles. The number of hydrogen-bond acceptors (Lipinski definition) is 5. The number of benzene rings is 1. The monoisotopic (exact) mass is 412 g/mol. The van der Waals surface area contributed by atoms with Crippen LogP contribution in [0, 0.1) is 13.8 Å². The predicted molar refractivity (Wildman–Crippen MR) is 114 cm³/mol. The first-order valence-corrected chi connectivity index (χ1v) is 11.1. The Bertz CT molecular complexity index is 865.